The molecule has 9 nitrogen and oxygen atoms in total. The Kier molecular flexibility index (Phi) is 7.24. The number of hydrogen-bond acceptors (Lipinski definition) is 7. The van der Waals surface area contributed by atoms with Gasteiger partial charge in [-0.3, -0.25) is 9.59 Å². The number of aromatic nitrogens is 1. The van der Waals surface area contributed by atoms with E-state index in [1.54, 1.807) is 66.5 Å². The normalized spacial score (nSPS) is 13.5. The number of ether oxygens (including phenoxy) is 3. The lowest BCUT2D eigenvalue weighted by atomic mass is 10.1. The number of carbonyl (C=O) groups excluding carboxylic acids is 2. The summed E-state index contributed by atoms with van der Waals surface area (Å²) < 4.78 is 21.5. The number of benzene rings is 2. The van der Waals surface area contributed by atoms with Gasteiger partial charge in [-0.1, -0.05) is 5.16 Å². The van der Waals surface area contributed by atoms with Crippen molar-refractivity contribution in [1.29, 1.82) is 0 Å². The molecular weight excluding hydrogens is 450 g/mol. The van der Waals surface area contributed by atoms with Gasteiger partial charge in [-0.2, -0.15) is 0 Å². The van der Waals surface area contributed by atoms with Crippen LogP contribution in [0.15, 0.2) is 47.0 Å². The molecule has 0 spiro atoms. The molecule has 4 rings (SSSR count). The highest BCUT2D eigenvalue weighted by Crippen LogP contribution is 2.24. The molecule has 9 heteroatoms. The first-order valence-electron chi connectivity index (χ1n) is 11.4. The summed E-state index contributed by atoms with van der Waals surface area (Å²) in [7, 11) is 3.09. The zero-order valence-electron chi connectivity index (χ0n) is 20.4. The van der Waals surface area contributed by atoms with Gasteiger partial charge in [0.25, 0.3) is 11.8 Å². The molecule has 3 aromatic rings. The number of amides is 2. The molecule has 35 heavy (non-hydrogen) atoms. The Bertz CT molecular complexity index is 1150. The van der Waals surface area contributed by atoms with E-state index in [9.17, 15) is 9.59 Å². The van der Waals surface area contributed by atoms with E-state index < -0.39 is 0 Å². The van der Waals surface area contributed by atoms with Gasteiger partial charge in [0.1, 0.15) is 29.6 Å². The largest absolute Gasteiger partial charge is 0.497 e. The lowest BCUT2D eigenvalue weighted by Gasteiger charge is -2.35. The maximum absolute atomic E-state index is 13.0. The van der Waals surface area contributed by atoms with E-state index in [-0.39, 0.29) is 11.8 Å². The summed E-state index contributed by atoms with van der Waals surface area (Å²) in [6, 6.07) is 12.2. The van der Waals surface area contributed by atoms with E-state index in [0.717, 1.165) is 17.0 Å². The van der Waals surface area contributed by atoms with Crippen molar-refractivity contribution in [3.05, 3.63) is 70.6 Å². The first-order chi connectivity index (χ1) is 16.9. The summed E-state index contributed by atoms with van der Waals surface area (Å²) in [6.07, 6.45) is 0. The smallest absolute Gasteiger partial charge is 0.254 e. The third-order valence-electron chi connectivity index (χ3n) is 6.12. The second-order valence-electron chi connectivity index (χ2n) is 8.30. The topological polar surface area (TPSA) is 94.3 Å². The van der Waals surface area contributed by atoms with Crippen molar-refractivity contribution in [2.45, 2.75) is 20.5 Å². The SMILES string of the molecule is COc1cc(OC)cc(C(=O)N2CCN(C(=O)c3ccc(OCc4c(C)noc4C)cc3)CC2)c1. The van der Waals surface area contributed by atoms with Gasteiger partial charge in [0.2, 0.25) is 0 Å². The summed E-state index contributed by atoms with van der Waals surface area (Å²) in [6.45, 7) is 5.88. The Hall–Kier alpha value is -4.01. The van der Waals surface area contributed by atoms with Crippen molar-refractivity contribution in [3.63, 3.8) is 0 Å². The van der Waals surface area contributed by atoms with Gasteiger partial charge in [-0.25, -0.2) is 0 Å². The van der Waals surface area contributed by atoms with Gasteiger partial charge >= 0.3 is 0 Å². The van der Waals surface area contributed by atoms with Crippen LogP contribution in [0.1, 0.15) is 37.7 Å². The minimum Gasteiger partial charge on any atom is -0.497 e. The van der Waals surface area contributed by atoms with Gasteiger partial charge < -0.3 is 28.5 Å². The molecule has 2 amide bonds. The molecule has 0 aliphatic carbocycles. The molecule has 184 valence electrons. The Morgan fingerprint density at radius 3 is 1.86 bits per heavy atom. The molecular formula is C26H29N3O6. The fourth-order valence-corrected chi connectivity index (χ4v) is 3.97. The van der Waals surface area contributed by atoms with Crippen LogP contribution in [0.4, 0.5) is 0 Å². The highest BCUT2D eigenvalue weighted by molar-refractivity contribution is 5.96. The average Bonchev–Trinajstić information content (AvgIpc) is 3.23. The lowest BCUT2D eigenvalue weighted by molar-refractivity contribution is 0.0535. The van der Waals surface area contributed by atoms with Crippen LogP contribution in [-0.2, 0) is 6.61 Å². The van der Waals surface area contributed by atoms with Gasteiger partial charge in [-0.05, 0) is 50.2 Å². The molecule has 0 atom stereocenters. The predicted octanol–water partition coefficient (Wildman–Crippen LogP) is 3.49. The number of aryl methyl sites for hydroxylation is 2. The Balaban J connectivity index is 1.33. The first-order valence-corrected chi connectivity index (χ1v) is 11.4. The summed E-state index contributed by atoms with van der Waals surface area (Å²) in [4.78, 5) is 29.5. The molecule has 0 saturated carbocycles. The van der Waals surface area contributed by atoms with Crippen LogP contribution in [0.5, 0.6) is 17.2 Å². The number of carbonyl (C=O) groups is 2. The molecule has 2 aromatic carbocycles. The monoisotopic (exact) mass is 479 g/mol. The van der Waals surface area contributed by atoms with Crippen molar-refractivity contribution < 1.29 is 28.3 Å². The van der Waals surface area contributed by atoms with Crippen LogP contribution in [0.3, 0.4) is 0 Å². The third-order valence-corrected chi connectivity index (χ3v) is 6.12. The summed E-state index contributed by atoms with van der Waals surface area (Å²) in [5, 5.41) is 3.93. The van der Waals surface area contributed by atoms with E-state index >= 15 is 0 Å². The highest BCUT2D eigenvalue weighted by Gasteiger charge is 2.26. The van der Waals surface area contributed by atoms with Crippen LogP contribution >= 0.6 is 0 Å². The molecule has 0 N–H and O–H groups in total. The van der Waals surface area contributed by atoms with Crippen molar-refractivity contribution >= 4 is 11.8 Å². The van der Waals surface area contributed by atoms with Crippen LogP contribution in [0.25, 0.3) is 0 Å². The Morgan fingerprint density at radius 1 is 0.829 bits per heavy atom. The fraction of sp³-hybridized carbons (Fsp3) is 0.346. The van der Waals surface area contributed by atoms with Gasteiger partial charge in [-0.15, -0.1) is 0 Å². The first kappa shape index (κ1) is 24.1. The molecule has 1 saturated heterocycles. The second-order valence-corrected chi connectivity index (χ2v) is 8.30. The molecule has 1 fully saturated rings. The quantitative estimate of drug-likeness (QED) is 0.512. The molecule has 2 heterocycles. The highest BCUT2D eigenvalue weighted by atomic mass is 16.5. The van der Waals surface area contributed by atoms with Crippen molar-refractivity contribution in [1.82, 2.24) is 15.0 Å². The zero-order chi connectivity index (χ0) is 24.9. The minimum absolute atomic E-state index is 0.0718. The fourth-order valence-electron chi connectivity index (χ4n) is 3.97. The van der Waals surface area contributed by atoms with Crippen molar-refractivity contribution in [3.8, 4) is 17.2 Å². The van der Waals surface area contributed by atoms with Crippen LogP contribution < -0.4 is 14.2 Å². The van der Waals surface area contributed by atoms with Crippen LogP contribution in [0, 0.1) is 13.8 Å². The maximum Gasteiger partial charge on any atom is 0.254 e. The summed E-state index contributed by atoms with van der Waals surface area (Å²) in [5.41, 5.74) is 2.79. The molecule has 1 aliphatic heterocycles. The lowest BCUT2D eigenvalue weighted by Crippen LogP contribution is -2.50. The Morgan fingerprint density at radius 2 is 1.37 bits per heavy atom. The van der Waals surface area contributed by atoms with E-state index in [0.29, 0.717) is 61.2 Å². The number of nitrogens with zero attached hydrogens (tertiary/aromatic N) is 3. The zero-order valence-corrected chi connectivity index (χ0v) is 20.4. The molecule has 1 aromatic heterocycles. The number of methoxy groups -OCH3 is 2. The molecule has 0 unspecified atom stereocenters. The molecule has 0 bridgehead atoms. The van der Waals surface area contributed by atoms with Gasteiger partial charge in [0.15, 0.2) is 0 Å². The van der Waals surface area contributed by atoms with E-state index in [4.69, 9.17) is 18.7 Å². The van der Waals surface area contributed by atoms with E-state index in [1.807, 2.05) is 13.8 Å². The maximum atomic E-state index is 13.0. The van der Waals surface area contributed by atoms with Crippen molar-refractivity contribution in [2.24, 2.45) is 0 Å². The van der Waals surface area contributed by atoms with Gasteiger partial charge in [0.05, 0.1) is 25.5 Å². The molecule has 1 aliphatic rings. The Labute approximate surface area is 204 Å². The van der Waals surface area contributed by atoms with Crippen LogP contribution in [-0.4, -0.2) is 67.2 Å². The second kappa shape index (κ2) is 10.5. The standard InChI is InChI=1S/C26H29N3O6/c1-17-24(18(2)35-27-17)16-34-21-7-5-19(6-8-21)25(30)28-9-11-29(12-10-28)26(31)20-13-22(32-3)15-23(14-20)33-4/h5-8,13-15H,9-12,16H2,1-4H3. The van der Waals surface area contributed by atoms with E-state index in [2.05, 4.69) is 5.16 Å². The average molecular weight is 480 g/mol. The van der Waals surface area contributed by atoms with Crippen LogP contribution in [0.2, 0.25) is 0 Å². The number of rotatable bonds is 7. The molecule has 0 radical (unpaired) electrons. The van der Waals surface area contributed by atoms with Crippen molar-refractivity contribution in [2.75, 3.05) is 40.4 Å². The van der Waals surface area contributed by atoms with E-state index in [1.165, 1.54) is 0 Å². The summed E-state index contributed by atoms with van der Waals surface area (Å²) in [5.74, 6) is 2.32. The number of piperazine rings is 1. The predicted molar refractivity (Wildman–Crippen MR) is 128 cm³/mol. The summed E-state index contributed by atoms with van der Waals surface area (Å²) >= 11 is 0. The third kappa shape index (κ3) is 5.40. The minimum atomic E-state index is -0.117. The number of hydrogen-bond donors (Lipinski definition) is 0. The van der Waals surface area contributed by atoms with Gasteiger partial charge in [0, 0.05) is 43.4 Å².